The van der Waals surface area contributed by atoms with Crippen LogP contribution in [0.5, 0.6) is 5.75 Å². The molecule has 9 heteroatoms. The number of fused-ring (bicyclic) bond motifs is 1. The van der Waals surface area contributed by atoms with Crippen molar-refractivity contribution in [1.82, 2.24) is 9.88 Å². The molecular weight excluding hydrogens is 472 g/mol. The molecule has 0 radical (unpaired) electrons. The maximum absolute atomic E-state index is 12.9. The highest BCUT2D eigenvalue weighted by Crippen LogP contribution is 2.39. The molecule has 2 aliphatic carbocycles. The third-order valence-electron chi connectivity index (χ3n) is 9.18. The monoisotopic (exact) mass is 514 g/mol. The first-order chi connectivity index (χ1) is 17.7. The van der Waals surface area contributed by atoms with Gasteiger partial charge in [-0.25, -0.2) is 4.98 Å². The summed E-state index contributed by atoms with van der Waals surface area (Å²) in [5.41, 5.74) is 5.13. The SMILES string of the molecule is CC1(O)CCC(C(=O)OC2(C(N)=O)CCC(CCN3CCN(c4nccc5c4CCO5)CC3)CC2)CC1. The highest BCUT2D eigenvalue weighted by molar-refractivity contribution is 5.87. The highest BCUT2D eigenvalue weighted by Gasteiger charge is 2.45. The zero-order chi connectivity index (χ0) is 26.0. The van der Waals surface area contributed by atoms with Crippen molar-refractivity contribution in [3.8, 4) is 5.75 Å². The lowest BCUT2D eigenvalue weighted by Crippen LogP contribution is -2.51. The third-order valence-corrected chi connectivity index (χ3v) is 9.18. The quantitative estimate of drug-likeness (QED) is 0.533. The Kier molecular flexibility index (Phi) is 7.63. The van der Waals surface area contributed by atoms with Gasteiger partial charge in [0.1, 0.15) is 11.6 Å². The molecule has 1 amide bonds. The number of primary amides is 1. The summed E-state index contributed by atoms with van der Waals surface area (Å²) >= 11 is 0. The molecule has 1 saturated heterocycles. The van der Waals surface area contributed by atoms with Crippen LogP contribution < -0.4 is 15.4 Å². The molecule has 37 heavy (non-hydrogen) atoms. The Morgan fingerprint density at radius 3 is 2.51 bits per heavy atom. The Balaban J connectivity index is 1.06. The number of hydrogen-bond donors (Lipinski definition) is 2. The smallest absolute Gasteiger partial charge is 0.309 e. The van der Waals surface area contributed by atoms with Gasteiger partial charge >= 0.3 is 5.97 Å². The van der Waals surface area contributed by atoms with Crippen molar-refractivity contribution >= 4 is 17.7 Å². The molecule has 3 heterocycles. The Morgan fingerprint density at radius 2 is 1.84 bits per heavy atom. The van der Waals surface area contributed by atoms with Gasteiger partial charge in [0.05, 0.1) is 18.1 Å². The van der Waals surface area contributed by atoms with Gasteiger partial charge in [-0.15, -0.1) is 0 Å². The van der Waals surface area contributed by atoms with Gasteiger partial charge in [-0.3, -0.25) is 14.5 Å². The van der Waals surface area contributed by atoms with Crippen LogP contribution in [0.4, 0.5) is 5.82 Å². The van der Waals surface area contributed by atoms with Crippen molar-refractivity contribution in [1.29, 1.82) is 0 Å². The van der Waals surface area contributed by atoms with E-state index >= 15 is 0 Å². The van der Waals surface area contributed by atoms with Crippen LogP contribution in [-0.4, -0.2) is 77.4 Å². The van der Waals surface area contributed by atoms with Gasteiger partial charge in [0.25, 0.3) is 5.91 Å². The maximum Gasteiger partial charge on any atom is 0.309 e. The molecule has 0 spiro atoms. The first-order valence-corrected chi connectivity index (χ1v) is 14.1. The number of amides is 1. The van der Waals surface area contributed by atoms with E-state index in [9.17, 15) is 14.7 Å². The fourth-order valence-electron chi connectivity index (χ4n) is 6.50. The van der Waals surface area contributed by atoms with Crippen molar-refractivity contribution in [3.05, 3.63) is 17.8 Å². The van der Waals surface area contributed by atoms with Gasteiger partial charge in [0.2, 0.25) is 0 Å². The van der Waals surface area contributed by atoms with Gasteiger partial charge in [-0.05, 0) is 83.2 Å². The van der Waals surface area contributed by atoms with E-state index in [2.05, 4.69) is 14.8 Å². The molecular formula is C28H42N4O5. The second-order valence-corrected chi connectivity index (χ2v) is 11.8. The van der Waals surface area contributed by atoms with Crippen LogP contribution in [0.15, 0.2) is 12.3 Å². The van der Waals surface area contributed by atoms with E-state index in [1.54, 1.807) is 0 Å². The molecule has 2 saturated carbocycles. The molecule has 4 aliphatic rings. The number of anilines is 1. The average Bonchev–Trinajstić information content (AvgIpc) is 3.38. The maximum atomic E-state index is 12.9. The van der Waals surface area contributed by atoms with E-state index in [1.807, 2.05) is 19.2 Å². The predicted molar refractivity (Wildman–Crippen MR) is 139 cm³/mol. The topological polar surface area (TPSA) is 118 Å². The summed E-state index contributed by atoms with van der Waals surface area (Å²) in [4.78, 5) is 34.8. The molecule has 0 unspecified atom stereocenters. The minimum atomic E-state index is -1.17. The summed E-state index contributed by atoms with van der Waals surface area (Å²) in [5.74, 6) is 1.46. The van der Waals surface area contributed by atoms with Crippen LogP contribution in [0, 0.1) is 11.8 Å². The molecule has 5 rings (SSSR count). The number of aliphatic hydroxyl groups is 1. The van der Waals surface area contributed by atoms with Crippen LogP contribution in [-0.2, 0) is 20.7 Å². The fourth-order valence-corrected chi connectivity index (χ4v) is 6.50. The largest absolute Gasteiger partial charge is 0.493 e. The molecule has 3 fully saturated rings. The molecule has 0 aromatic carbocycles. The molecule has 1 aromatic rings. The van der Waals surface area contributed by atoms with E-state index in [-0.39, 0.29) is 11.9 Å². The third kappa shape index (κ3) is 5.87. The zero-order valence-electron chi connectivity index (χ0n) is 22.1. The Morgan fingerprint density at radius 1 is 1.14 bits per heavy atom. The van der Waals surface area contributed by atoms with Crippen LogP contribution in [0.1, 0.15) is 70.3 Å². The summed E-state index contributed by atoms with van der Waals surface area (Å²) in [7, 11) is 0. The van der Waals surface area contributed by atoms with E-state index < -0.39 is 17.1 Å². The standard InChI is InChI=1S/C28H42N4O5/c1-27(35)9-4-21(5-10-27)25(33)37-28(26(29)34)11-2-20(3-12-28)7-14-31-15-17-32(18-16-31)24-22-8-19-36-23(22)6-13-30-24/h6,13,20-21,35H,2-5,7-12,14-19H2,1H3,(H2,29,34). The van der Waals surface area contributed by atoms with Gasteiger partial charge < -0.3 is 25.2 Å². The van der Waals surface area contributed by atoms with Crippen LogP contribution in [0.25, 0.3) is 0 Å². The first kappa shape index (κ1) is 26.2. The number of ether oxygens (including phenoxy) is 2. The van der Waals surface area contributed by atoms with E-state index in [4.69, 9.17) is 15.2 Å². The summed E-state index contributed by atoms with van der Waals surface area (Å²) in [5, 5.41) is 10.2. The number of carbonyl (C=O) groups is 2. The van der Waals surface area contributed by atoms with Gasteiger partial charge in [-0.1, -0.05) is 0 Å². The normalized spacial score (nSPS) is 32.4. The van der Waals surface area contributed by atoms with Crippen LogP contribution in [0.3, 0.4) is 0 Å². The summed E-state index contributed by atoms with van der Waals surface area (Å²) in [6, 6.07) is 1.96. The molecule has 9 nitrogen and oxygen atoms in total. The minimum Gasteiger partial charge on any atom is -0.493 e. The van der Waals surface area contributed by atoms with Gasteiger partial charge in [0, 0.05) is 44.4 Å². The number of nitrogens with two attached hydrogens (primary N) is 1. The van der Waals surface area contributed by atoms with E-state index in [0.717, 1.165) is 76.6 Å². The molecule has 3 N–H and O–H groups in total. The molecule has 0 atom stereocenters. The van der Waals surface area contributed by atoms with E-state index in [1.165, 1.54) is 5.56 Å². The van der Waals surface area contributed by atoms with Gasteiger partial charge in [0.15, 0.2) is 5.60 Å². The molecule has 204 valence electrons. The number of pyridine rings is 1. The summed E-state index contributed by atoms with van der Waals surface area (Å²) in [6.07, 6.45) is 8.88. The Labute approximate surface area is 219 Å². The van der Waals surface area contributed by atoms with Crippen LogP contribution >= 0.6 is 0 Å². The zero-order valence-corrected chi connectivity index (χ0v) is 22.1. The average molecular weight is 515 g/mol. The Bertz CT molecular complexity index is 973. The second-order valence-electron chi connectivity index (χ2n) is 11.8. The summed E-state index contributed by atoms with van der Waals surface area (Å²) in [6.45, 7) is 7.54. The van der Waals surface area contributed by atoms with Crippen molar-refractivity contribution in [2.75, 3.05) is 44.2 Å². The molecule has 2 aliphatic heterocycles. The lowest BCUT2D eigenvalue weighted by atomic mass is 9.76. The summed E-state index contributed by atoms with van der Waals surface area (Å²) < 4.78 is 11.6. The van der Waals surface area contributed by atoms with Crippen molar-refractivity contribution in [3.63, 3.8) is 0 Å². The van der Waals surface area contributed by atoms with Crippen molar-refractivity contribution in [2.24, 2.45) is 17.6 Å². The molecule has 0 bridgehead atoms. The number of carbonyl (C=O) groups excluding carboxylic acids is 2. The van der Waals surface area contributed by atoms with Crippen LogP contribution in [0.2, 0.25) is 0 Å². The lowest BCUT2D eigenvalue weighted by Gasteiger charge is -2.40. The number of rotatable bonds is 7. The number of piperazine rings is 1. The van der Waals surface area contributed by atoms with Crippen molar-refractivity contribution < 1.29 is 24.2 Å². The lowest BCUT2D eigenvalue weighted by molar-refractivity contribution is -0.178. The second kappa shape index (κ2) is 10.8. The van der Waals surface area contributed by atoms with E-state index in [0.29, 0.717) is 44.4 Å². The number of aromatic nitrogens is 1. The fraction of sp³-hybridized carbons (Fsp3) is 0.750. The van der Waals surface area contributed by atoms with Gasteiger partial charge in [-0.2, -0.15) is 0 Å². The predicted octanol–water partition coefficient (Wildman–Crippen LogP) is 2.43. The number of nitrogens with zero attached hydrogens (tertiary/aromatic N) is 3. The van der Waals surface area contributed by atoms with Crippen molar-refractivity contribution in [2.45, 2.75) is 82.3 Å². The Hall–Kier alpha value is -2.39. The number of hydrogen-bond acceptors (Lipinski definition) is 8. The minimum absolute atomic E-state index is 0.257. The first-order valence-electron chi connectivity index (χ1n) is 14.1. The molecule has 1 aromatic heterocycles. The number of esters is 1. The highest BCUT2D eigenvalue weighted by atomic mass is 16.6.